The van der Waals surface area contributed by atoms with Gasteiger partial charge in [0.15, 0.2) is 0 Å². The Morgan fingerprint density at radius 1 is 1.33 bits per heavy atom. The Balaban J connectivity index is 2.04. The summed E-state index contributed by atoms with van der Waals surface area (Å²) >= 11 is 0. The number of fused-ring (bicyclic) bond motifs is 1. The van der Waals surface area contributed by atoms with Crippen molar-refractivity contribution >= 4 is 6.03 Å². The fourth-order valence-electron chi connectivity index (χ4n) is 2.88. The highest BCUT2D eigenvalue weighted by molar-refractivity contribution is 5.75. The molecule has 0 aliphatic carbocycles. The second kappa shape index (κ2) is 5.60. The minimum atomic E-state index is -0.285. The molecule has 2 heterocycles. The van der Waals surface area contributed by atoms with Crippen LogP contribution in [0, 0.1) is 5.82 Å². The van der Waals surface area contributed by atoms with E-state index in [1.165, 1.54) is 12.1 Å². The number of rotatable bonds is 2. The van der Waals surface area contributed by atoms with Crippen LogP contribution in [0.2, 0.25) is 0 Å². The third-order valence-electron chi connectivity index (χ3n) is 3.79. The van der Waals surface area contributed by atoms with Gasteiger partial charge in [-0.3, -0.25) is 0 Å². The van der Waals surface area contributed by atoms with Crippen LogP contribution in [0.4, 0.5) is 9.18 Å². The standard InChI is InChI=1S/C16H18FN3O/c1-2-18-16(21)20-10-9-19-8-4-7-14(19)15(20)12-5-3-6-13(17)11-12/h3-8,11,15H,2,9-10H2,1H3,(H,18,21). The van der Waals surface area contributed by atoms with E-state index < -0.39 is 0 Å². The third kappa shape index (κ3) is 2.51. The molecular formula is C16H18FN3O. The van der Waals surface area contributed by atoms with E-state index in [0.29, 0.717) is 13.1 Å². The summed E-state index contributed by atoms with van der Waals surface area (Å²) in [5.41, 5.74) is 1.80. The number of hydrogen-bond donors (Lipinski definition) is 1. The van der Waals surface area contributed by atoms with Crippen molar-refractivity contribution < 1.29 is 9.18 Å². The molecular weight excluding hydrogens is 269 g/mol. The van der Waals surface area contributed by atoms with E-state index in [-0.39, 0.29) is 17.9 Å². The predicted molar refractivity (Wildman–Crippen MR) is 78.5 cm³/mol. The smallest absolute Gasteiger partial charge is 0.318 e. The van der Waals surface area contributed by atoms with Crippen molar-refractivity contribution in [2.75, 3.05) is 13.1 Å². The first-order chi connectivity index (χ1) is 10.2. The van der Waals surface area contributed by atoms with Crippen molar-refractivity contribution in [3.63, 3.8) is 0 Å². The Hall–Kier alpha value is -2.30. The number of benzene rings is 1. The van der Waals surface area contributed by atoms with Crippen LogP contribution in [0.5, 0.6) is 0 Å². The molecule has 4 nitrogen and oxygen atoms in total. The van der Waals surface area contributed by atoms with Gasteiger partial charge < -0.3 is 14.8 Å². The van der Waals surface area contributed by atoms with Crippen LogP contribution in [0.3, 0.4) is 0 Å². The zero-order valence-electron chi connectivity index (χ0n) is 11.9. The number of urea groups is 1. The number of amides is 2. The summed E-state index contributed by atoms with van der Waals surface area (Å²) in [5.74, 6) is -0.285. The quantitative estimate of drug-likeness (QED) is 0.906. The lowest BCUT2D eigenvalue weighted by Crippen LogP contribution is -2.47. The van der Waals surface area contributed by atoms with Crippen molar-refractivity contribution in [1.82, 2.24) is 14.8 Å². The Labute approximate surface area is 123 Å². The highest BCUT2D eigenvalue weighted by atomic mass is 19.1. The van der Waals surface area contributed by atoms with E-state index in [1.807, 2.05) is 31.3 Å². The molecule has 2 aromatic rings. The minimum absolute atomic E-state index is 0.112. The molecule has 1 aromatic carbocycles. The topological polar surface area (TPSA) is 37.3 Å². The summed E-state index contributed by atoms with van der Waals surface area (Å²) in [6, 6.07) is 10.0. The molecule has 0 spiro atoms. The molecule has 0 fully saturated rings. The normalized spacial score (nSPS) is 17.4. The molecule has 5 heteroatoms. The highest BCUT2D eigenvalue weighted by Gasteiger charge is 2.31. The van der Waals surface area contributed by atoms with Gasteiger partial charge in [-0.1, -0.05) is 12.1 Å². The van der Waals surface area contributed by atoms with Crippen molar-refractivity contribution in [2.45, 2.75) is 19.5 Å². The van der Waals surface area contributed by atoms with Crippen molar-refractivity contribution in [3.05, 3.63) is 59.7 Å². The summed E-state index contributed by atoms with van der Waals surface area (Å²) in [6.45, 7) is 3.83. The zero-order valence-corrected chi connectivity index (χ0v) is 11.9. The Kier molecular flexibility index (Phi) is 3.64. The van der Waals surface area contributed by atoms with Gasteiger partial charge in [0.2, 0.25) is 0 Å². The maximum atomic E-state index is 13.6. The number of carbonyl (C=O) groups excluding carboxylic acids is 1. The lowest BCUT2D eigenvalue weighted by molar-refractivity contribution is 0.169. The molecule has 0 bridgehead atoms. The molecule has 1 aliphatic rings. The third-order valence-corrected chi connectivity index (χ3v) is 3.79. The first kappa shape index (κ1) is 13.7. The van der Waals surface area contributed by atoms with Crippen LogP contribution in [0.15, 0.2) is 42.6 Å². The molecule has 0 saturated heterocycles. The molecule has 1 aromatic heterocycles. The van der Waals surface area contributed by atoms with Gasteiger partial charge in [-0.05, 0) is 36.8 Å². The first-order valence-electron chi connectivity index (χ1n) is 7.15. The fourth-order valence-corrected chi connectivity index (χ4v) is 2.88. The number of nitrogens with zero attached hydrogens (tertiary/aromatic N) is 2. The lowest BCUT2D eigenvalue weighted by atomic mass is 10.00. The number of carbonyl (C=O) groups is 1. The molecule has 21 heavy (non-hydrogen) atoms. The van der Waals surface area contributed by atoms with E-state index in [2.05, 4.69) is 9.88 Å². The van der Waals surface area contributed by atoms with Crippen LogP contribution in [-0.2, 0) is 6.54 Å². The second-order valence-electron chi connectivity index (χ2n) is 5.11. The maximum absolute atomic E-state index is 13.6. The van der Waals surface area contributed by atoms with E-state index in [1.54, 1.807) is 11.0 Å². The number of hydrogen-bond acceptors (Lipinski definition) is 1. The predicted octanol–water partition coefficient (Wildman–Crippen LogP) is 2.76. The van der Waals surface area contributed by atoms with E-state index >= 15 is 0 Å². The monoisotopic (exact) mass is 287 g/mol. The van der Waals surface area contributed by atoms with E-state index in [9.17, 15) is 9.18 Å². The molecule has 0 radical (unpaired) electrons. The molecule has 110 valence electrons. The molecule has 1 atom stereocenters. The molecule has 1 N–H and O–H groups in total. The molecule has 2 amide bonds. The van der Waals surface area contributed by atoms with Crippen LogP contribution >= 0.6 is 0 Å². The minimum Gasteiger partial charge on any atom is -0.348 e. The van der Waals surface area contributed by atoms with Gasteiger partial charge in [-0.25, -0.2) is 9.18 Å². The van der Waals surface area contributed by atoms with Crippen LogP contribution in [-0.4, -0.2) is 28.6 Å². The van der Waals surface area contributed by atoms with Crippen molar-refractivity contribution in [1.29, 1.82) is 0 Å². The van der Waals surface area contributed by atoms with Crippen molar-refractivity contribution in [2.24, 2.45) is 0 Å². The van der Waals surface area contributed by atoms with E-state index in [4.69, 9.17) is 0 Å². The summed E-state index contributed by atoms with van der Waals surface area (Å²) < 4.78 is 15.7. The van der Waals surface area contributed by atoms with Crippen LogP contribution in [0.1, 0.15) is 24.2 Å². The van der Waals surface area contributed by atoms with Gasteiger partial charge >= 0.3 is 6.03 Å². The van der Waals surface area contributed by atoms with Crippen LogP contribution in [0.25, 0.3) is 0 Å². The average molecular weight is 287 g/mol. The summed E-state index contributed by atoms with van der Waals surface area (Å²) in [5, 5.41) is 2.84. The van der Waals surface area contributed by atoms with E-state index in [0.717, 1.165) is 17.8 Å². The summed E-state index contributed by atoms with van der Waals surface area (Å²) in [6.07, 6.45) is 2.00. The maximum Gasteiger partial charge on any atom is 0.318 e. The fraction of sp³-hybridized carbons (Fsp3) is 0.312. The summed E-state index contributed by atoms with van der Waals surface area (Å²) in [4.78, 5) is 14.1. The molecule has 1 unspecified atom stereocenters. The average Bonchev–Trinajstić information content (AvgIpc) is 2.94. The van der Waals surface area contributed by atoms with Crippen molar-refractivity contribution in [3.8, 4) is 0 Å². The Bertz CT molecular complexity index is 652. The van der Waals surface area contributed by atoms with Gasteiger partial charge in [0.1, 0.15) is 5.82 Å². The summed E-state index contributed by atoms with van der Waals surface area (Å²) in [7, 11) is 0. The van der Waals surface area contributed by atoms with Gasteiger partial charge in [-0.15, -0.1) is 0 Å². The molecule has 3 rings (SSSR count). The number of nitrogens with one attached hydrogen (secondary N) is 1. The largest absolute Gasteiger partial charge is 0.348 e. The van der Waals surface area contributed by atoms with Gasteiger partial charge in [-0.2, -0.15) is 0 Å². The van der Waals surface area contributed by atoms with Crippen LogP contribution < -0.4 is 5.32 Å². The first-order valence-corrected chi connectivity index (χ1v) is 7.15. The Morgan fingerprint density at radius 2 is 2.19 bits per heavy atom. The SMILES string of the molecule is CCNC(=O)N1CCn2cccc2C1c1cccc(F)c1. The molecule has 1 aliphatic heterocycles. The number of halogens is 1. The Morgan fingerprint density at radius 3 is 2.95 bits per heavy atom. The van der Waals surface area contributed by atoms with Gasteiger partial charge in [0.05, 0.1) is 6.04 Å². The van der Waals surface area contributed by atoms with Gasteiger partial charge in [0.25, 0.3) is 0 Å². The zero-order chi connectivity index (χ0) is 14.8. The highest BCUT2D eigenvalue weighted by Crippen LogP contribution is 2.32. The second-order valence-corrected chi connectivity index (χ2v) is 5.11. The molecule has 0 saturated carbocycles. The number of aromatic nitrogens is 1. The lowest BCUT2D eigenvalue weighted by Gasteiger charge is -2.37. The van der Waals surface area contributed by atoms with Gasteiger partial charge in [0, 0.05) is 31.5 Å².